The normalized spacial score (nSPS) is 12.8. The maximum Gasteiger partial charge on any atom is 0.272 e. The lowest BCUT2D eigenvalue weighted by Gasteiger charge is -2.14. The molecule has 7 heteroatoms. The van der Waals surface area contributed by atoms with Gasteiger partial charge in [-0.2, -0.15) is 0 Å². The second-order valence-corrected chi connectivity index (χ2v) is 8.30. The second kappa shape index (κ2) is 8.41. The monoisotopic (exact) mass is 414 g/mol. The summed E-state index contributed by atoms with van der Waals surface area (Å²) in [6, 6.07) is 13.9. The van der Waals surface area contributed by atoms with Gasteiger partial charge in [0.1, 0.15) is 11.6 Å². The molecule has 1 aromatic heterocycles. The summed E-state index contributed by atoms with van der Waals surface area (Å²) in [5.74, 6) is 1.91. The van der Waals surface area contributed by atoms with Crippen molar-refractivity contribution in [1.82, 2.24) is 9.55 Å². The molecular weight excluding hydrogens is 395 g/mol. The van der Waals surface area contributed by atoms with Crippen LogP contribution in [-0.2, 0) is 12.2 Å². The summed E-state index contributed by atoms with van der Waals surface area (Å²) in [5, 5.41) is 0.625. The van der Waals surface area contributed by atoms with Gasteiger partial charge in [-0.3, -0.25) is 9.36 Å². The third kappa shape index (κ3) is 3.95. The lowest BCUT2D eigenvalue weighted by Crippen LogP contribution is -2.23. The van der Waals surface area contributed by atoms with E-state index in [1.165, 1.54) is 23.9 Å². The fourth-order valence-corrected chi connectivity index (χ4v) is 5.05. The number of halogens is 1. The van der Waals surface area contributed by atoms with E-state index in [0.29, 0.717) is 17.5 Å². The van der Waals surface area contributed by atoms with Crippen molar-refractivity contribution in [2.24, 2.45) is 0 Å². The van der Waals surface area contributed by atoms with Gasteiger partial charge >= 0.3 is 0 Å². The highest BCUT2D eigenvalue weighted by atomic mass is 32.2. The molecular formula is C21H19FN2O2S2. The molecule has 3 aromatic rings. The molecule has 0 saturated carbocycles. The van der Waals surface area contributed by atoms with E-state index < -0.39 is 0 Å². The van der Waals surface area contributed by atoms with E-state index in [0.717, 1.165) is 39.8 Å². The number of fused-ring (bicyclic) bond motifs is 1. The number of aryl methyl sites for hydroxylation is 1. The van der Waals surface area contributed by atoms with Crippen molar-refractivity contribution in [3.05, 3.63) is 76.0 Å². The van der Waals surface area contributed by atoms with E-state index in [1.54, 1.807) is 22.4 Å². The molecule has 0 amide bonds. The molecule has 1 aliphatic rings. The fraction of sp³-hybridized carbons (Fsp3) is 0.238. The SMILES string of the molecule is CCOc1ccc(-n2c(SCc3cccc(F)c3)nc3c(c2=O)SCC3)cc1. The van der Waals surface area contributed by atoms with Crippen molar-refractivity contribution in [3.8, 4) is 11.4 Å². The van der Waals surface area contributed by atoms with Crippen LogP contribution >= 0.6 is 23.5 Å². The van der Waals surface area contributed by atoms with Crippen molar-refractivity contribution < 1.29 is 9.13 Å². The zero-order valence-electron chi connectivity index (χ0n) is 15.4. The minimum Gasteiger partial charge on any atom is -0.494 e. The number of rotatable bonds is 6. The van der Waals surface area contributed by atoms with Crippen LogP contribution in [0.2, 0.25) is 0 Å². The van der Waals surface area contributed by atoms with Gasteiger partial charge < -0.3 is 4.74 Å². The van der Waals surface area contributed by atoms with Crippen molar-refractivity contribution >= 4 is 23.5 Å². The largest absolute Gasteiger partial charge is 0.494 e. The molecule has 0 spiro atoms. The summed E-state index contributed by atoms with van der Waals surface area (Å²) >= 11 is 3.00. The topological polar surface area (TPSA) is 44.1 Å². The van der Waals surface area contributed by atoms with Gasteiger partial charge in [0.05, 0.1) is 22.9 Å². The van der Waals surface area contributed by atoms with Crippen molar-refractivity contribution in [2.75, 3.05) is 12.4 Å². The molecule has 4 rings (SSSR count). The number of aromatic nitrogens is 2. The van der Waals surface area contributed by atoms with Crippen LogP contribution in [0.4, 0.5) is 4.39 Å². The molecule has 28 heavy (non-hydrogen) atoms. The van der Waals surface area contributed by atoms with Gasteiger partial charge in [-0.25, -0.2) is 9.37 Å². The molecule has 1 aliphatic heterocycles. The maximum atomic E-state index is 13.5. The quantitative estimate of drug-likeness (QED) is 0.432. The lowest BCUT2D eigenvalue weighted by molar-refractivity contribution is 0.340. The van der Waals surface area contributed by atoms with Gasteiger partial charge in [-0.05, 0) is 48.9 Å². The Kier molecular flexibility index (Phi) is 5.73. The first kappa shape index (κ1) is 19.1. The molecule has 0 saturated heterocycles. The highest BCUT2D eigenvalue weighted by molar-refractivity contribution is 7.99. The molecule has 2 heterocycles. The summed E-state index contributed by atoms with van der Waals surface area (Å²) in [4.78, 5) is 18.6. The number of thioether (sulfide) groups is 2. The minimum atomic E-state index is -0.264. The van der Waals surface area contributed by atoms with E-state index in [9.17, 15) is 9.18 Å². The predicted octanol–water partition coefficient (Wildman–Crippen LogP) is 4.71. The third-order valence-corrected chi connectivity index (χ3v) is 6.45. The number of hydrogen-bond donors (Lipinski definition) is 0. The zero-order chi connectivity index (χ0) is 19.5. The van der Waals surface area contributed by atoms with E-state index in [-0.39, 0.29) is 11.4 Å². The van der Waals surface area contributed by atoms with E-state index in [4.69, 9.17) is 9.72 Å². The number of nitrogens with zero attached hydrogens (tertiary/aromatic N) is 2. The molecule has 4 nitrogen and oxygen atoms in total. The lowest BCUT2D eigenvalue weighted by atomic mass is 10.2. The molecule has 2 aromatic carbocycles. The summed E-state index contributed by atoms with van der Waals surface area (Å²) in [7, 11) is 0. The Morgan fingerprint density at radius 2 is 2.07 bits per heavy atom. The Morgan fingerprint density at radius 3 is 2.82 bits per heavy atom. The van der Waals surface area contributed by atoms with Gasteiger partial charge in [-0.15, -0.1) is 11.8 Å². The number of ether oxygens (including phenoxy) is 1. The molecule has 0 radical (unpaired) electrons. The van der Waals surface area contributed by atoms with Crippen LogP contribution in [0.25, 0.3) is 5.69 Å². The van der Waals surface area contributed by atoms with Crippen LogP contribution in [0.1, 0.15) is 18.2 Å². The molecule has 0 aliphatic carbocycles. The highest BCUT2D eigenvalue weighted by Gasteiger charge is 2.22. The first-order valence-corrected chi connectivity index (χ1v) is 11.0. The average molecular weight is 415 g/mol. The summed E-state index contributed by atoms with van der Waals surface area (Å²) < 4.78 is 20.6. The van der Waals surface area contributed by atoms with Crippen molar-refractivity contribution in [3.63, 3.8) is 0 Å². The first-order chi connectivity index (χ1) is 13.7. The molecule has 0 atom stereocenters. The van der Waals surface area contributed by atoms with Gasteiger partial charge in [0.25, 0.3) is 5.56 Å². The summed E-state index contributed by atoms with van der Waals surface area (Å²) in [6.45, 7) is 2.52. The standard InChI is InChI=1S/C21H19FN2O2S2/c1-2-26-17-8-6-16(7-9-17)24-20(25)19-18(10-11-27-19)23-21(24)28-13-14-4-3-5-15(22)12-14/h3-9,12H,2,10-11,13H2,1H3. The van der Waals surface area contributed by atoms with Gasteiger partial charge in [-0.1, -0.05) is 23.9 Å². The Bertz CT molecular complexity index is 1050. The van der Waals surface area contributed by atoms with E-state index in [2.05, 4.69) is 0 Å². The number of benzene rings is 2. The summed E-state index contributed by atoms with van der Waals surface area (Å²) in [5.41, 5.74) is 2.42. The van der Waals surface area contributed by atoms with Gasteiger partial charge in [0, 0.05) is 17.9 Å². The average Bonchev–Trinajstić information content (AvgIpc) is 3.17. The van der Waals surface area contributed by atoms with Crippen LogP contribution in [0.15, 0.2) is 63.4 Å². The Hall–Kier alpha value is -2.25. The van der Waals surface area contributed by atoms with E-state index >= 15 is 0 Å². The number of hydrogen-bond acceptors (Lipinski definition) is 5. The van der Waals surface area contributed by atoms with E-state index in [1.807, 2.05) is 37.3 Å². The predicted molar refractivity (Wildman–Crippen MR) is 111 cm³/mol. The molecule has 0 fully saturated rings. The fourth-order valence-electron chi connectivity index (χ4n) is 3.05. The Morgan fingerprint density at radius 1 is 1.25 bits per heavy atom. The zero-order valence-corrected chi connectivity index (χ0v) is 17.0. The Balaban J connectivity index is 1.72. The van der Waals surface area contributed by atoms with Crippen LogP contribution in [0.5, 0.6) is 5.75 Å². The molecule has 144 valence electrons. The van der Waals surface area contributed by atoms with Gasteiger partial charge in [0.2, 0.25) is 0 Å². The maximum absolute atomic E-state index is 13.5. The molecule has 0 unspecified atom stereocenters. The molecule has 0 N–H and O–H groups in total. The van der Waals surface area contributed by atoms with Crippen LogP contribution in [-0.4, -0.2) is 21.9 Å². The van der Waals surface area contributed by atoms with Crippen LogP contribution in [0.3, 0.4) is 0 Å². The first-order valence-electron chi connectivity index (χ1n) is 9.05. The second-order valence-electron chi connectivity index (χ2n) is 6.25. The molecule has 0 bridgehead atoms. The van der Waals surface area contributed by atoms with Crippen molar-refractivity contribution in [1.29, 1.82) is 0 Å². The summed E-state index contributed by atoms with van der Waals surface area (Å²) in [6.07, 6.45) is 0.798. The highest BCUT2D eigenvalue weighted by Crippen LogP contribution is 2.31. The smallest absolute Gasteiger partial charge is 0.272 e. The van der Waals surface area contributed by atoms with Crippen molar-refractivity contribution in [2.45, 2.75) is 29.1 Å². The van der Waals surface area contributed by atoms with Crippen LogP contribution < -0.4 is 10.3 Å². The third-order valence-electron chi connectivity index (χ3n) is 4.33. The minimum absolute atomic E-state index is 0.0431. The Labute approximate surface area is 171 Å². The van der Waals surface area contributed by atoms with Crippen LogP contribution in [0, 0.1) is 5.82 Å². The van der Waals surface area contributed by atoms with Gasteiger partial charge in [0.15, 0.2) is 5.16 Å².